The summed E-state index contributed by atoms with van der Waals surface area (Å²) < 4.78 is 66.1. The van der Waals surface area contributed by atoms with Crippen molar-refractivity contribution in [2.75, 3.05) is 5.88 Å². The van der Waals surface area contributed by atoms with Crippen molar-refractivity contribution in [3.05, 3.63) is 34.6 Å². The Morgan fingerprint density at radius 2 is 1.48 bits per heavy atom. The molecule has 1 aromatic rings. The van der Waals surface area contributed by atoms with Crippen molar-refractivity contribution in [3.63, 3.8) is 0 Å². The molecule has 0 aliphatic rings. The van der Waals surface area contributed by atoms with Gasteiger partial charge in [-0.15, -0.1) is 11.6 Å². The Bertz CT molecular complexity index is 537. The van der Waals surface area contributed by atoms with E-state index in [1.54, 1.807) is 13.8 Å². The first kappa shape index (κ1) is 17.7. The Balaban J connectivity index is 3.26. The Morgan fingerprint density at radius 3 is 1.86 bits per heavy atom. The average molecular weight is 330 g/mol. The van der Waals surface area contributed by atoms with E-state index in [1.807, 2.05) is 0 Å². The summed E-state index contributed by atoms with van der Waals surface area (Å²) in [5.41, 5.74) is -2.42. The lowest BCUT2D eigenvalue weighted by Gasteiger charge is -2.29. The molecule has 1 rings (SSSR count). The molecule has 1 atom stereocenters. The van der Waals surface area contributed by atoms with Gasteiger partial charge in [0.25, 0.3) is 5.91 Å². The molecule has 0 spiro atoms. The number of carbonyl (C=O) groups excluding carboxylic acids is 1. The summed E-state index contributed by atoms with van der Waals surface area (Å²) >= 11 is 5.56. The molecule has 21 heavy (non-hydrogen) atoms. The number of hydrogen-bond donors (Lipinski definition) is 1. The zero-order valence-corrected chi connectivity index (χ0v) is 12.1. The van der Waals surface area contributed by atoms with Gasteiger partial charge in [0.1, 0.15) is 5.56 Å². The molecule has 0 aliphatic carbocycles. The molecule has 0 fully saturated rings. The minimum absolute atomic E-state index is 0.154. The largest absolute Gasteiger partial charge is 0.347 e. The van der Waals surface area contributed by atoms with Crippen LogP contribution in [0.4, 0.5) is 22.0 Å². The number of benzene rings is 1. The van der Waals surface area contributed by atoms with Gasteiger partial charge in [-0.2, -0.15) is 0 Å². The second kappa shape index (κ2) is 6.60. The van der Waals surface area contributed by atoms with E-state index in [2.05, 4.69) is 5.32 Å². The maximum Gasteiger partial charge on any atom is 0.257 e. The van der Waals surface area contributed by atoms with Gasteiger partial charge in [0, 0.05) is 11.4 Å². The molecule has 1 amide bonds. The fourth-order valence-electron chi connectivity index (χ4n) is 1.68. The molecule has 0 radical (unpaired) electrons. The molecule has 0 aromatic heterocycles. The fourth-order valence-corrected chi connectivity index (χ4v) is 2.09. The third-order valence-corrected chi connectivity index (χ3v) is 3.47. The second-order valence-corrected chi connectivity index (χ2v) is 5.13. The Labute approximate surface area is 123 Å². The van der Waals surface area contributed by atoms with Crippen molar-refractivity contribution in [3.8, 4) is 0 Å². The highest BCUT2D eigenvalue weighted by Crippen LogP contribution is 2.24. The van der Waals surface area contributed by atoms with Crippen molar-refractivity contribution >= 4 is 17.5 Å². The molecule has 8 heteroatoms. The first-order valence-corrected chi connectivity index (χ1v) is 6.62. The van der Waals surface area contributed by atoms with Gasteiger partial charge in [0.15, 0.2) is 23.3 Å². The van der Waals surface area contributed by atoms with Crippen LogP contribution in [0, 0.1) is 29.1 Å². The minimum Gasteiger partial charge on any atom is -0.347 e. The Morgan fingerprint density at radius 1 is 1.05 bits per heavy atom. The van der Waals surface area contributed by atoms with Crippen LogP contribution < -0.4 is 5.32 Å². The van der Waals surface area contributed by atoms with Gasteiger partial charge in [-0.25, -0.2) is 22.0 Å². The van der Waals surface area contributed by atoms with Gasteiger partial charge in [0.2, 0.25) is 5.82 Å². The van der Waals surface area contributed by atoms with Crippen LogP contribution in [0.1, 0.15) is 37.0 Å². The number of halogens is 6. The van der Waals surface area contributed by atoms with Crippen molar-refractivity contribution in [2.45, 2.75) is 32.2 Å². The molecule has 1 aromatic carbocycles. The van der Waals surface area contributed by atoms with E-state index in [4.69, 9.17) is 11.6 Å². The van der Waals surface area contributed by atoms with Crippen molar-refractivity contribution in [1.82, 2.24) is 5.32 Å². The van der Waals surface area contributed by atoms with Crippen LogP contribution in [0.5, 0.6) is 0 Å². The smallest absolute Gasteiger partial charge is 0.257 e. The molecule has 0 aliphatic heterocycles. The molecular weight excluding hydrogens is 317 g/mol. The molecule has 1 N–H and O–H groups in total. The zero-order chi connectivity index (χ0) is 16.4. The second-order valence-electron chi connectivity index (χ2n) is 4.75. The van der Waals surface area contributed by atoms with Gasteiger partial charge >= 0.3 is 0 Å². The van der Waals surface area contributed by atoms with Crippen LogP contribution >= 0.6 is 11.6 Å². The summed E-state index contributed by atoms with van der Waals surface area (Å²) in [5, 5.41) is 2.26. The fraction of sp³-hybridized carbons (Fsp3) is 0.462. The van der Waals surface area contributed by atoms with E-state index in [1.165, 1.54) is 0 Å². The summed E-state index contributed by atoms with van der Waals surface area (Å²) in [4.78, 5) is 11.9. The number of hydrogen-bond acceptors (Lipinski definition) is 1. The molecule has 0 bridgehead atoms. The van der Waals surface area contributed by atoms with Crippen LogP contribution in [0.2, 0.25) is 0 Å². The van der Waals surface area contributed by atoms with Crippen molar-refractivity contribution in [1.29, 1.82) is 0 Å². The summed E-state index contributed by atoms with van der Waals surface area (Å²) in [6.07, 6.45) is 0.632. The zero-order valence-electron chi connectivity index (χ0n) is 11.3. The summed E-state index contributed by atoms with van der Waals surface area (Å²) in [5.74, 6) is -12.2. The van der Waals surface area contributed by atoms with Crippen LogP contribution in [0.15, 0.2) is 0 Å². The maximum atomic E-state index is 13.5. The Hall–Kier alpha value is -1.37. The molecular formula is C13H13ClF5NO. The highest BCUT2D eigenvalue weighted by Gasteiger charge is 2.32. The van der Waals surface area contributed by atoms with Gasteiger partial charge in [0.05, 0.1) is 0 Å². The lowest BCUT2D eigenvalue weighted by Crippen LogP contribution is -2.46. The lowest BCUT2D eigenvalue weighted by atomic mass is 9.95. The van der Waals surface area contributed by atoms with Gasteiger partial charge < -0.3 is 5.32 Å². The number of alkyl halides is 1. The first-order chi connectivity index (χ1) is 9.68. The van der Waals surface area contributed by atoms with Crippen LogP contribution in [-0.4, -0.2) is 17.3 Å². The standard InChI is InChI=1S/C13H13ClF5NO/c1-3-13(2,4-5-14)20-12(21)6-7(15)9(17)11(19)10(18)8(6)16/h3-5H2,1-2H3,(H,20,21). The predicted molar refractivity (Wildman–Crippen MR) is 67.7 cm³/mol. The summed E-state index contributed by atoms with van der Waals surface area (Å²) in [7, 11) is 0. The third kappa shape index (κ3) is 3.45. The number of amides is 1. The average Bonchev–Trinajstić information content (AvgIpc) is 2.43. The highest BCUT2D eigenvalue weighted by molar-refractivity contribution is 6.17. The van der Waals surface area contributed by atoms with E-state index in [-0.39, 0.29) is 12.3 Å². The van der Waals surface area contributed by atoms with E-state index >= 15 is 0 Å². The lowest BCUT2D eigenvalue weighted by molar-refractivity contribution is 0.0889. The topological polar surface area (TPSA) is 29.1 Å². The molecule has 0 saturated carbocycles. The SMILES string of the molecule is CCC(C)(CCCl)NC(=O)c1c(F)c(F)c(F)c(F)c1F. The quantitative estimate of drug-likeness (QED) is 0.377. The van der Waals surface area contributed by atoms with Crippen LogP contribution in [0.3, 0.4) is 0 Å². The molecule has 1 unspecified atom stereocenters. The minimum atomic E-state index is -2.31. The van der Waals surface area contributed by atoms with E-state index in [9.17, 15) is 26.7 Å². The monoisotopic (exact) mass is 329 g/mol. The third-order valence-electron chi connectivity index (χ3n) is 3.28. The molecule has 0 saturated heterocycles. The number of rotatable bonds is 5. The van der Waals surface area contributed by atoms with Crippen LogP contribution in [0.25, 0.3) is 0 Å². The predicted octanol–water partition coefficient (Wildman–Crippen LogP) is 3.91. The number of nitrogens with one attached hydrogen (secondary N) is 1. The first-order valence-electron chi connectivity index (χ1n) is 6.08. The maximum absolute atomic E-state index is 13.5. The normalized spacial score (nSPS) is 13.9. The van der Waals surface area contributed by atoms with Crippen molar-refractivity contribution in [2.24, 2.45) is 0 Å². The van der Waals surface area contributed by atoms with Gasteiger partial charge in [-0.3, -0.25) is 4.79 Å². The molecule has 2 nitrogen and oxygen atoms in total. The van der Waals surface area contributed by atoms with Crippen LogP contribution in [-0.2, 0) is 0 Å². The summed E-state index contributed by atoms with van der Waals surface area (Å²) in [6, 6.07) is 0. The summed E-state index contributed by atoms with van der Waals surface area (Å²) in [6.45, 7) is 3.24. The molecule has 118 valence electrons. The number of carbonyl (C=O) groups is 1. The van der Waals surface area contributed by atoms with Crippen molar-refractivity contribution < 1.29 is 26.7 Å². The van der Waals surface area contributed by atoms with E-state index in [0.29, 0.717) is 6.42 Å². The molecule has 0 heterocycles. The van der Waals surface area contributed by atoms with E-state index in [0.717, 1.165) is 0 Å². The highest BCUT2D eigenvalue weighted by atomic mass is 35.5. The van der Waals surface area contributed by atoms with E-state index < -0.39 is 46.1 Å². The van der Waals surface area contributed by atoms with Gasteiger partial charge in [-0.05, 0) is 19.8 Å². The Kier molecular flexibility index (Phi) is 5.55. The van der Waals surface area contributed by atoms with Gasteiger partial charge in [-0.1, -0.05) is 6.92 Å².